The second-order valence-electron chi connectivity index (χ2n) is 3.66. The van der Waals surface area contributed by atoms with Crippen molar-refractivity contribution < 1.29 is 4.74 Å². The topological polar surface area (TPSA) is 47.0 Å². The third-order valence-electron chi connectivity index (χ3n) is 1.98. The summed E-state index contributed by atoms with van der Waals surface area (Å²) >= 11 is 5.85. The first-order chi connectivity index (χ1) is 7.15. The molecule has 0 aliphatic heterocycles. The molecule has 0 aromatic carbocycles. The highest BCUT2D eigenvalue weighted by Crippen LogP contribution is 2.28. The fraction of sp³-hybridized carbons (Fsp3) is 0.600. The molecule has 0 saturated carbocycles. The van der Waals surface area contributed by atoms with Gasteiger partial charge < -0.3 is 10.1 Å². The fourth-order valence-electron chi connectivity index (χ4n) is 1.14. The van der Waals surface area contributed by atoms with Gasteiger partial charge in [-0.05, 0) is 12.3 Å². The van der Waals surface area contributed by atoms with Crippen molar-refractivity contribution in [3.63, 3.8) is 0 Å². The molecule has 84 valence electrons. The van der Waals surface area contributed by atoms with Crippen LogP contribution in [0.2, 0.25) is 5.15 Å². The van der Waals surface area contributed by atoms with Crippen molar-refractivity contribution >= 4 is 17.4 Å². The first-order valence-corrected chi connectivity index (χ1v) is 5.31. The minimum absolute atomic E-state index is 0.333. The number of nitrogens with one attached hydrogen (secondary N) is 1. The molecule has 1 aromatic heterocycles. The molecule has 1 aromatic rings. The van der Waals surface area contributed by atoms with Gasteiger partial charge in [0.1, 0.15) is 6.33 Å². The Labute approximate surface area is 95.0 Å². The summed E-state index contributed by atoms with van der Waals surface area (Å²) in [6, 6.07) is 0. The maximum absolute atomic E-state index is 5.85. The van der Waals surface area contributed by atoms with E-state index in [-0.39, 0.29) is 0 Å². The Morgan fingerprint density at radius 3 is 2.80 bits per heavy atom. The molecule has 0 aliphatic rings. The van der Waals surface area contributed by atoms with Crippen LogP contribution in [-0.4, -0.2) is 23.6 Å². The van der Waals surface area contributed by atoms with Gasteiger partial charge in [0.05, 0.1) is 7.11 Å². The van der Waals surface area contributed by atoms with Gasteiger partial charge in [-0.25, -0.2) is 9.97 Å². The molecule has 1 heterocycles. The monoisotopic (exact) mass is 229 g/mol. The summed E-state index contributed by atoms with van der Waals surface area (Å²) in [7, 11) is 1.55. The first-order valence-electron chi connectivity index (χ1n) is 4.93. The van der Waals surface area contributed by atoms with Crippen molar-refractivity contribution in [1.82, 2.24) is 9.97 Å². The number of halogens is 1. The number of nitrogens with zero attached hydrogens (tertiary/aromatic N) is 2. The summed E-state index contributed by atoms with van der Waals surface area (Å²) in [6.45, 7) is 5.19. The maximum Gasteiger partial charge on any atom is 0.198 e. The minimum Gasteiger partial charge on any atom is -0.490 e. The summed E-state index contributed by atoms with van der Waals surface area (Å²) in [4.78, 5) is 7.92. The number of methoxy groups -OCH3 is 1. The molecule has 0 amide bonds. The Hall–Kier alpha value is -1.03. The van der Waals surface area contributed by atoms with E-state index < -0.39 is 0 Å². The number of ether oxygens (including phenoxy) is 1. The zero-order chi connectivity index (χ0) is 11.3. The summed E-state index contributed by atoms with van der Waals surface area (Å²) in [5, 5.41) is 3.51. The molecule has 0 spiro atoms. The van der Waals surface area contributed by atoms with Crippen LogP contribution in [0, 0.1) is 5.92 Å². The number of hydrogen-bond acceptors (Lipinski definition) is 4. The zero-order valence-corrected chi connectivity index (χ0v) is 10.0. The van der Waals surface area contributed by atoms with E-state index in [1.807, 2.05) is 0 Å². The van der Waals surface area contributed by atoms with E-state index in [0.29, 0.717) is 22.6 Å². The Morgan fingerprint density at radius 2 is 2.20 bits per heavy atom. The second-order valence-corrected chi connectivity index (χ2v) is 4.01. The predicted octanol–water partition coefficient (Wildman–Crippen LogP) is 2.60. The lowest BCUT2D eigenvalue weighted by atomic mass is 10.1. The molecule has 0 aliphatic carbocycles. The quantitative estimate of drug-likeness (QED) is 0.789. The standard InChI is InChI=1S/C10H16ClN3O/c1-7(2)4-5-12-10-8(15-3)9(11)13-6-14-10/h6-7H,4-5H2,1-3H3,(H,12,13,14). The molecule has 4 nitrogen and oxygen atoms in total. The van der Waals surface area contributed by atoms with Gasteiger partial charge in [0.15, 0.2) is 16.7 Å². The van der Waals surface area contributed by atoms with Crippen molar-refractivity contribution in [2.75, 3.05) is 19.0 Å². The summed E-state index contributed by atoms with van der Waals surface area (Å²) in [6.07, 6.45) is 2.49. The van der Waals surface area contributed by atoms with Crippen LogP contribution in [0.25, 0.3) is 0 Å². The van der Waals surface area contributed by atoms with Crippen molar-refractivity contribution in [3.05, 3.63) is 11.5 Å². The van der Waals surface area contributed by atoms with E-state index in [1.54, 1.807) is 7.11 Å². The number of rotatable bonds is 5. The molecule has 0 radical (unpaired) electrons. The van der Waals surface area contributed by atoms with Gasteiger partial charge in [-0.2, -0.15) is 0 Å². The Balaban J connectivity index is 2.64. The first kappa shape index (κ1) is 12.0. The lowest BCUT2D eigenvalue weighted by molar-refractivity contribution is 0.412. The van der Waals surface area contributed by atoms with Gasteiger partial charge in [0.25, 0.3) is 0 Å². The van der Waals surface area contributed by atoms with Crippen LogP contribution in [0.15, 0.2) is 6.33 Å². The molecular formula is C10H16ClN3O. The maximum atomic E-state index is 5.85. The summed E-state index contributed by atoms with van der Waals surface area (Å²) in [5.74, 6) is 1.81. The van der Waals surface area contributed by atoms with Crippen LogP contribution in [-0.2, 0) is 0 Å². The number of aromatic nitrogens is 2. The Morgan fingerprint density at radius 1 is 1.47 bits per heavy atom. The molecule has 0 fully saturated rings. The second kappa shape index (κ2) is 5.75. The zero-order valence-electron chi connectivity index (χ0n) is 9.25. The van der Waals surface area contributed by atoms with Crippen LogP contribution >= 0.6 is 11.6 Å². The third-order valence-corrected chi connectivity index (χ3v) is 2.25. The smallest absolute Gasteiger partial charge is 0.198 e. The molecule has 0 atom stereocenters. The molecular weight excluding hydrogens is 214 g/mol. The molecule has 0 bridgehead atoms. The van der Waals surface area contributed by atoms with E-state index in [4.69, 9.17) is 16.3 Å². The number of anilines is 1. The highest BCUT2D eigenvalue weighted by atomic mass is 35.5. The van der Waals surface area contributed by atoms with Crippen LogP contribution in [0.5, 0.6) is 5.75 Å². The van der Waals surface area contributed by atoms with Gasteiger partial charge in [0.2, 0.25) is 0 Å². The lowest BCUT2D eigenvalue weighted by Crippen LogP contribution is -2.08. The van der Waals surface area contributed by atoms with E-state index in [1.165, 1.54) is 6.33 Å². The van der Waals surface area contributed by atoms with Crippen molar-refractivity contribution in [3.8, 4) is 5.75 Å². The average molecular weight is 230 g/mol. The van der Waals surface area contributed by atoms with Gasteiger partial charge in [0, 0.05) is 6.54 Å². The van der Waals surface area contributed by atoms with E-state index in [9.17, 15) is 0 Å². The Bertz CT molecular complexity index is 318. The van der Waals surface area contributed by atoms with Crippen LogP contribution in [0.1, 0.15) is 20.3 Å². The minimum atomic E-state index is 0.333. The molecule has 1 N–H and O–H groups in total. The Kier molecular flexibility index (Phi) is 4.62. The van der Waals surface area contributed by atoms with Crippen LogP contribution in [0.3, 0.4) is 0 Å². The average Bonchev–Trinajstić information content (AvgIpc) is 2.17. The summed E-state index contributed by atoms with van der Waals surface area (Å²) in [5.41, 5.74) is 0. The van der Waals surface area contributed by atoms with Crippen LogP contribution in [0.4, 0.5) is 5.82 Å². The van der Waals surface area contributed by atoms with Gasteiger partial charge >= 0.3 is 0 Å². The van der Waals surface area contributed by atoms with Crippen LogP contribution < -0.4 is 10.1 Å². The van der Waals surface area contributed by atoms with Gasteiger partial charge in [-0.15, -0.1) is 0 Å². The van der Waals surface area contributed by atoms with Crippen molar-refractivity contribution in [1.29, 1.82) is 0 Å². The largest absolute Gasteiger partial charge is 0.490 e. The van der Waals surface area contributed by atoms with Gasteiger partial charge in [-0.1, -0.05) is 25.4 Å². The summed E-state index contributed by atoms with van der Waals surface area (Å²) < 4.78 is 5.11. The SMILES string of the molecule is COc1c(Cl)ncnc1NCCC(C)C. The highest BCUT2D eigenvalue weighted by molar-refractivity contribution is 6.31. The predicted molar refractivity (Wildman–Crippen MR) is 61.5 cm³/mol. The molecule has 5 heteroatoms. The molecule has 15 heavy (non-hydrogen) atoms. The van der Waals surface area contributed by atoms with Crippen molar-refractivity contribution in [2.45, 2.75) is 20.3 Å². The van der Waals surface area contributed by atoms with E-state index in [0.717, 1.165) is 13.0 Å². The molecule has 1 rings (SSSR count). The molecule has 0 unspecified atom stereocenters. The van der Waals surface area contributed by atoms with Gasteiger partial charge in [-0.3, -0.25) is 0 Å². The number of hydrogen-bond donors (Lipinski definition) is 1. The van der Waals surface area contributed by atoms with E-state index >= 15 is 0 Å². The fourth-order valence-corrected chi connectivity index (χ4v) is 1.35. The molecule has 0 saturated heterocycles. The van der Waals surface area contributed by atoms with Crippen molar-refractivity contribution in [2.24, 2.45) is 5.92 Å². The lowest BCUT2D eigenvalue weighted by Gasteiger charge is -2.11. The normalized spacial score (nSPS) is 10.5. The van der Waals surface area contributed by atoms with E-state index in [2.05, 4.69) is 29.1 Å². The highest BCUT2D eigenvalue weighted by Gasteiger charge is 2.09. The third kappa shape index (κ3) is 3.55.